The topological polar surface area (TPSA) is 51.0 Å². The quantitative estimate of drug-likeness (QED) is 0.917. The first-order valence-electron chi connectivity index (χ1n) is 7.88. The monoisotopic (exact) mass is 285 g/mol. The summed E-state index contributed by atoms with van der Waals surface area (Å²) < 4.78 is 5.39. The third-order valence-electron chi connectivity index (χ3n) is 4.29. The van der Waals surface area contributed by atoms with E-state index in [2.05, 4.69) is 46.6 Å². The van der Waals surface area contributed by atoms with Gasteiger partial charge < -0.3 is 9.84 Å². The molecule has 2 aromatic rings. The average Bonchev–Trinajstić information content (AvgIpc) is 2.96. The van der Waals surface area contributed by atoms with Crippen molar-refractivity contribution in [1.82, 2.24) is 15.5 Å². The highest BCUT2D eigenvalue weighted by atomic mass is 16.5. The summed E-state index contributed by atoms with van der Waals surface area (Å²) >= 11 is 0. The molecule has 0 radical (unpaired) electrons. The fourth-order valence-corrected chi connectivity index (χ4v) is 2.94. The molecular weight excluding hydrogens is 262 g/mol. The molecule has 0 saturated carbocycles. The number of nitrogens with one attached hydrogen (secondary N) is 1. The normalized spacial score (nSPS) is 18.8. The van der Waals surface area contributed by atoms with E-state index >= 15 is 0 Å². The zero-order valence-corrected chi connectivity index (χ0v) is 12.6. The van der Waals surface area contributed by atoms with Crippen LogP contribution in [-0.4, -0.2) is 23.2 Å². The minimum absolute atomic E-state index is 0.751. The van der Waals surface area contributed by atoms with Crippen molar-refractivity contribution in [3.05, 3.63) is 47.1 Å². The molecule has 21 heavy (non-hydrogen) atoms. The van der Waals surface area contributed by atoms with E-state index in [4.69, 9.17) is 4.52 Å². The van der Waals surface area contributed by atoms with Crippen molar-refractivity contribution in [3.8, 4) is 0 Å². The molecule has 0 spiro atoms. The highest BCUT2D eigenvalue weighted by Crippen LogP contribution is 2.17. The maximum Gasteiger partial charge on any atom is 0.226 e. The second-order valence-corrected chi connectivity index (χ2v) is 5.96. The fourth-order valence-electron chi connectivity index (χ4n) is 2.94. The molecule has 1 unspecified atom stereocenters. The summed E-state index contributed by atoms with van der Waals surface area (Å²) in [5.41, 5.74) is 2.54. The van der Waals surface area contributed by atoms with Gasteiger partial charge in [0.2, 0.25) is 5.89 Å². The van der Waals surface area contributed by atoms with Gasteiger partial charge in [0.15, 0.2) is 5.82 Å². The summed E-state index contributed by atoms with van der Waals surface area (Å²) in [5.74, 6) is 2.33. The summed E-state index contributed by atoms with van der Waals surface area (Å²) in [5, 5.41) is 7.56. The molecule has 1 aliphatic rings. The minimum Gasteiger partial charge on any atom is -0.339 e. The van der Waals surface area contributed by atoms with Gasteiger partial charge in [-0.05, 0) is 56.3 Å². The predicted octanol–water partition coefficient (Wildman–Crippen LogP) is 2.90. The van der Waals surface area contributed by atoms with E-state index in [0.29, 0.717) is 0 Å². The van der Waals surface area contributed by atoms with Crippen molar-refractivity contribution < 1.29 is 4.52 Å². The lowest BCUT2D eigenvalue weighted by Crippen LogP contribution is -2.29. The predicted molar refractivity (Wildman–Crippen MR) is 82.2 cm³/mol. The summed E-state index contributed by atoms with van der Waals surface area (Å²) in [6.07, 6.45) is 5.39. The van der Waals surface area contributed by atoms with Crippen LogP contribution in [-0.2, 0) is 12.8 Å². The number of aromatic nitrogens is 2. The Morgan fingerprint density at radius 2 is 2.24 bits per heavy atom. The van der Waals surface area contributed by atoms with Crippen molar-refractivity contribution in [1.29, 1.82) is 0 Å². The smallest absolute Gasteiger partial charge is 0.226 e. The van der Waals surface area contributed by atoms with E-state index in [0.717, 1.165) is 50.0 Å². The maximum absolute atomic E-state index is 5.39. The van der Waals surface area contributed by atoms with Gasteiger partial charge in [-0.25, -0.2) is 0 Å². The van der Waals surface area contributed by atoms with Crippen LogP contribution in [0.2, 0.25) is 0 Å². The standard InChI is InChI=1S/C17H23N3O/c1-13-5-2-3-7-15(13)11-16-19-17(21-20-16)9-8-14-6-4-10-18-12-14/h2-3,5,7,14,18H,4,6,8-12H2,1H3. The third kappa shape index (κ3) is 3.91. The molecule has 1 N–H and O–H groups in total. The first-order chi connectivity index (χ1) is 10.3. The lowest BCUT2D eigenvalue weighted by Gasteiger charge is -2.21. The Morgan fingerprint density at radius 1 is 1.33 bits per heavy atom. The van der Waals surface area contributed by atoms with E-state index < -0.39 is 0 Å². The van der Waals surface area contributed by atoms with Gasteiger partial charge >= 0.3 is 0 Å². The van der Waals surface area contributed by atoms with Crippen LogP contribution in [0.3, 0.4) is 0 Å². The van der Waals surface area contributed by atoms with Crippen LogP contribution in [0.25, 0.3) is 0 Å². The Bertz CT molecular complexity index is 573. The number of hydrogen-bond donors (Lipinski definition) is 1. The summed E-state index contributed by atoms with van der Waals surface area (Å²) in [6.45, 7) is 4.41. The maximum atomic E-state index is 5.39. The van der Waals surface area contributed by atoms with Crippen LogP contribution >= 0.6 is 0 Å². The van der Waals surface area contributed by atoms with Gasteiger partial charge in [0.1, 0.15) is 0 Å². The summed E-state index contributed by atoms with van der Waals surface area (Å²) in [7, 11) is 0. The molecule has 1 fully saturated rings. The van der Waals surface area contributed by atoms with Crippen molar-refractivity contribution in [2.75, 3.05) is 13.1 Å². The Morgan fingerprint density at radius 3 is 3.05 bits per heavy atom. The van der Waals surface area contributed by atoms with Gasteiger partial charge in [0, 0.05) is 12.8 Å². The Hall–Kier alpha value is -1.68. The second-order valence-electron chi connectivity index (χ2n) is 5.96. The van der Waals surface area contributed by atoms with Gasteiger partial charge in [-0.2, -0.15) is 4.98 Å². The molecule has 0 aliphatic carbocycles. The summed E-state index contributed by atoms with van der Waals surface area (Å²) in [4.78, 5) is 4.53. The number of hydrogen-bond acceptors (Lipinski definition) is 4. The van der Waals surface area contributed by atoms with Gasteiger partial charge in [0.25, 0.3) is 0 Å². The van der Waals surface area contributed by atoms with Crippen LogP contribution in [0, 0.1) is 12.8 Å². The molecule has 4 heteroatoms. The second kappa shape index (κ2) is 6.85. The number of nitrogens with zero attached hydrogens (tertiary/aromatic N) is 2. The molecule has 4 nitrogen and oxygen atoms in total. The Kier molecular flexibility index (Phi) is 4.65. The number of piperidine rings is 1. The van der Waals surface area contributed by atoms with Crippen LogP contribution in [0.15, 0.2) is 28.8 Å². The highest BCUT2D eigenvalue weighted by Gasteiger charge is 2.15. The number of aryl methyl sites for hydroxylation is 2. The minimum atomic E-state index is 0.751. The molecule has 1 aliphatic heterocycles. The zero-order chi connectivity index (χ0) is 14.5. The van der Waals surface area contributed by atoms with E-state index in [-0.39, 0.29) is 0 Å². The lowest BCUT2D eigenvalue weighted by molar-refractivity contribution is 0.326. The molecule has 0 bridgehead atoms. The number of rotatable bonds is 5. The van der Waals surface area contributed by atoms with E-state index in [1.54, 1.807) is 0 Å². The van der Waals surface area contributed by atoms with Crippen LogP contribution in [0.5, 0.6) is 0 Å². The fraction of sp³-hybridized carbons (Fsp3) is 0.529. The van der Waals surface area contributed by atoms with E-state index in [9.17, 15) is 0 Å². The molecule has 1 atom stereocenters. The van der Waals surface area contributed by atoms with Gasteiger partial charge in [0.05, 0.1) is 0 Å². The Labute approximate surface area is 126 Å². The molecule has 112 valence electrons. The molecular formula is C17H23N3O. The van der Waals surface area contributed by atoms with Gasteiger partial charge in [-0.1, -0.05) is 29.4 Å². The van der Waals surface area contributed by atoms with E-state index in [1.165, 1.54) is 24.0 Å². The lowest BCUT2D eigenvalue weighted by atomic mass is 9.95. The first kappa shape index (κ1) is 14.3. The van der Waals surface area contributed by atoms with E-state index in [1.807, 2.05) is 0 Å². The Balaban J connectivity index is 1.55. The molecule has 2 heterocycles. The van der Waals surface area contributed by atoms with Crippen molar-refractivity contribution in [2.45, 2.75) is 39.0 Å². The van der Waals surface area contributed by atoms with Gasteiger partial charge in [-0.15, -0.1) is 0 Å². The van der Waals surface area contributed by atoms with Gasteiger partial charge in [-0.3, -0.25) is 0 Å². The molecule has 1 aromatic carbocycles. The highest BCUT2D eigenvalue weighted by molar-refractivity contribution is 5.27. The molecule has 1 saturated heterocycles. The largest absolute Gasteiger partial charge is 0.339 e. The van der Waals surface area contributed by atoms with Crippen LogP contribution in [0.4, 0.5) is 0 Å². The van der Waals surface area contributed by atoms with Crippen LogP contribution < -0.4 is 5.32 Å². The first-order valence-corrected chi connectivity index (χ1v) is 7.88. The number of benzene rings is 1. The molecule has 3 rings (SSSR count). The summed E-state index contributed by atoms with van der Waals surface area (Å²) in [6, 6.07) is 8.35. The zero-order valence-electron chi connectivity index (χ0n) is 12.6. The van der Waals surface area contributed by atoms with Crippen molar-refractivity contribution in [3.63, 3.8) is 0 Å². The van der Waals surface area contributed by atoms with Crippen molar-refractivity contribution >= 4 is 0 Å². The molecule has 1 aromatic heterocycles. The SMILES string of the molecule is Cc1ccccc1Cc1noc(CCC2CCCNC2)n1. The van der Waals surface area contributed by atoms with Crippen LogP contribution in [0.1, 0.15) is 42.1 Å². The van der Waals surface area contributed by atoms with Crippen molar-refractivity contribution in [2.24, 2.45) is 5.92 Å². The molecule has 0 amide bonds. The third-order valence-corrected chi connectivity index (χ3v) is 4.29. The average molecular weight is 285 g/mol.